The zero-order chi connectivity index (χ0) is 17.1. The van der Waals surface area contributed by atoms with E-state index in [1.807, 2.05) is 13.8 Å². The van der Waals surface area contributed by atoms with Crippen LogP contribution in [0.2, 0.25) is 0 Å². The van der Waals surface area contributed by atoms with Crippen LogP contribution in [0.15, 0.2) is 26.5 Å². The number of H-pyrrole nitrogens is 1. The Morgan fingerprint density at radius 2 is 1.74 bits per heavy atom. The molecule has 0 amide bonds. The van der Waals surface area contributed by atoms with Crippen LogP contribution in [0.25, 0.3) is 0 Å². The molecule has 0 aliphatic carbocycles. The number of aromatic nitrogens is 3. The minimum absolute atomic E-state index is 0.00659. The summed E-state index contributed by atoms with van der Waals surface area (Å²) >= 11 is 0. The van der Waals surface area contributed by atoms with Gasteiger partial charge in [0.2, 0.25) is 0 Å². The van der Waals surface area contributed by atoms with Crippen LogP contribution in [0.1, 0.15) is 36.5 Å². The van der Waals surface area contributed by atoms with Gasteiger partial charge in [-0.25, -0.2) is 23.5 Å². The molecule has 0 bridgehead atoms. The molecule has 0 fully saturated rings. The van der Waals surface area contributed by atoms with E-state index in [4.69, 9.17) is 0 Å². The Morgan fingerprint density at radius 3 is 2.39 bits per heavy atom. The number of benzene rings is 1. The van der Waals surface area contributed by atoms with Gasteiger partial charge in [0.05, 0.1) is 6.54 Å². The highest BCUT2D eigenvalue weighted by Gasteiger charge is 2.13. The molecule has 2 aromatic rings. The molecule has 23 heavy (non-hydrogen) atoms. The summed E-state index contributed by atoms with van der Waals surface area (Å²) in [5.74, 6) is 0.106. The lowest BCUT2D eigenvalue weighted by Crippen LogP contribution is -2.49. The maximum Gasteiger partial charge on any atom is 0.336 e. The number of aromatic hydroxyl groups is 1. The van der Waals surface area contributed by atoms with Gasteiger partial charge in [-0.2, -0.15) is 0 Å². The molecule has 0 aliphatic rings. The van der Waals surface area contributed by atoms with Crippen molar-refractivity contribution in [3.63, 3.8) is 0 Å². The summed E-state index contributed by atoms with van der Waals surface area (Å²) in [5, 5.41) is 9.83. The fraction of sp³-hybridized carbons (Fsp3) is 0.438. The van der Waals surface area contributed by atoms with Gasteiger partial charge in [0.1, 0.15) is 5.75 Å². The van der Waals surface area contributed by atoms with Crippen molar-refractivity contribution in [1.29, 1.82) is 0 Å². The van der Waals surface area contributed by atoms with Gasteiger partial charge < -0.3 is 5.11 Å². The molecule has 7 heteroatoms. The quantitative estimate of drug-likeness (QED) is 0.854. The van der Waals surface area contributed by atoms with E-state index >= 15 is 0 Å². The molecule has 1 aromatic carbocycles. The molecule has 0 spiro atoms. The van der Waals surface area contributed by atoms with Crippen LogP contribution in [0.3, 0.4) is 0 Å². The van der Waals surface area contributed by atoms with Gasteiger partial charge in [-0.15, -0.1) is 0 Å². The van der Waals surface area contributed by atoms with Gasteiger partial charge in [0.15, 0.2) is 0 Å². The molecular weight excluding hydrogens is 298 g/mol. The predicted octanol–water partition coefficient (Wildman–Crippen LogP) is 0.869. The summed E-state index contributed by atoms with van der Waals surface area (Å²) in [4.78, 5) is 38.5. The van der Waals surface area contributed by atoms with Gasteiger partial charge in [-0.05, 0) is 43.0 Å². The monoisotopic (exact) mass is 319 g/mol. The molecule has 2 rings (SSSR count). The molecule has 0 radical (unpaired) electrons. The summed E-state index contributed by atoms with van der Waals surface area (Å²) in [5.41, 5.74) is 0.108. The normalized spacial score (nSPS) is 10.9. The lowest BCUT2D eigenvalue weighted by Gasteiger charge is -2.13. The molecule has 0 saturated carbocycles. The van der Waals surface area contributed by atoms with Crippen LogP contribution in [0, 0.1) is 13.8 Å². The second-order valence-corrected chi connectivity index (χ2v) is 5.61. The van der Waals surface area contributed by atoms with E-state index in [2.05, 4.69) is 4.98 Å². The highest BCUT2D eigenvalue weighted by Crippen LogP contribution is 2.23. The number of hydrogen-bond acceptors (Lipinski definition) is 4. The molecule has 0 atom stereocenters. The third-order valence-corrected chi connectivity index (χ3v) is 4.02. The average molecular weight is 319 g/mol. The number of hydrogen-bond donors (Lipinski definition) is 2. The minimum Gasteiger partial charge on any atom is -0.508 e. The van der Waals surface area contributed by atoms with Crippen molar-refractivity contribution >= 4 is 0 Å². The number of unbranched alkanes of at least 4 members (excludes halogenated alkanes) is 1. The van der Waals surface area contributed by atoms with Crippen LogP contribution < -0.4 is 17.1 Å². The molecular formula is C16H21N3O4. The van der Waals surface area contributed by atoms with E-state index in [0.717, 1.165) is 21.1 Å². The van der Waals surface area contributed by atoms with Crippen molar-refractivity contribution < 1.29 is 5.11 Å². The van der Waals surface area contributed by atoms with E-state index in [1.54, 1.807) is 19.1 Å². The van der Waals surface area contributed by atoms with Crippen LogP contribution >= 0.6 is 0 Å². The van der Waals surface area contributed by atoms with E-state index in [0.29, 0.717) is 17.5 Å². The maximum atomic E-state index is 12.5. The zero-order valence-corrected chi connectivity index (χ0v) is 13.5. The van der Waals surface area contributed by atoms with Crippen molar-refractivity contribution in [2.24, 2.45) is 0 Å². The van der Waals surface area contributed by atoms with Gasteiger partial charge in [0, 0.05) is 6.54 Å². The Kier molecular flexibility index (Phi) is 4.88. The Labute approximate surface area is 132 Å². The fourth-order valence-electron chi connectivity index (χ4n) is 2.48. The van der Waals surface area contributed by atoms with Crippen LogP contribution in [-0.2, 0) is 13.1 Å². The molecule has 1 aromatic heterocycles. The van der Waals surface area contributed by atoms with E-state index in [-0.39, 0.29) is 18.8 Å². The predicted molar refractivity (Wildman–Crippen MR) is 87.2 cm³/mol. The molecule has 7 nitrogen and oxygen atoms in total. The van der Waals surface area contributed by atoms with Crippen molar-refractivity contribution in [1.82, 2.24) is 14.1 Å². The largest absolute Gasteiger partial charge is 0.508 e. The Morgan fingerprint density at radius 1 is 1.09 bits per heavy atom. The standard InChI is InChI=1S/C16H21N3O4/c1-4-5-8-18-14(21)17-15(22)19(16(18)23)9-12-10(2)6-7-13(20)11(12)3/h6-7,20H,4-5,8-9H2,1-3H3,(H,17,21,22). The number of phenols is 1. The third kappa shape index (κ3) is 3.28. The van der Waals surface area contributed by atoms with Crippen molar-refractivity contribution in [2.45, 2.75) is 46.7 Å². The first-order valence-electron chi connectivity index (χ1n) is 7.58. The maximum absolute atomic E-state index is 12.5. The number of aryl methyl sites for hydroxylation is 1. The molecule has 0 unspecified atom stereocenters. The summed E-state index contributed by atoms with van der Waals surface area (Å²) in [6.07, 6.45) is 1.50. The first-order chi connectivity index (χ1) is 10.9. The number of nitrogens with one attached hydrogen (secondary N) is 1. The number of phenolic OH excluding ortho intramolecular Hbond substituents is 1. The third-order valence-electron chi connectivity index (χ3n) is 4.02. The first-order valence-corrected chi connectivity index (χ1v) is 7.58. The topological polar surface area (TPSA) is 97.1 Å². The van der Waals surface area contributed by atoms with Crippen LogP contribution in [-0.4, -0.2) is 19.2 Å². The Hall–Kier alpha value is -2.57. The SMILES string of the molecule is CCCCn1c(=O)[nH]c(=O)n(Cc2c(C)ccc(O)c2C)c1=O. The van der Waals surface area contributed by atoms with Crippen molar-refractivity contribution in [2.75, 3.05) is 0 Å². The summed E-state index contributed by atoms with van der Waals surface area (Å²) in [7, 11) is 0. The molecule has 0 aliphatic heterocycles. The summed E-state index contributed by atoms with van der Waals surface area (Å²) in [6.45, 7) is 5.79. The smallest absolute Gasteiger partial charge is 0.336 e. The number of nitrogens with zero attached hydrogens (tertiary/aromatic N) is 2. The van der Waals surface area contributed by atoms with Crippen LogP contribution in [0.4, 0.5) is 0 Å². The Balaban J connectivity index is 2.58. The first kappa shape index (κ1) is 16.8. The highest BCUT2D eigenvalue weighted by molar-refractivity contribution is 5.43. The number of aromatic amines is 1. The zero-order valence-electron chi connectivity index (χ0n) is 13.5. The lowest BCUT2D eigenvalue weighted by molar-refractivity contribution is 0.468. The molecule has 1 heterocycles. The van der Waals surface area contributed by atoms with Crippen molar-refractivity contribution in [3.05, 3.63) is 60.3 Å². The molecule has 124 valence electrons. The van der Waals surface area contributed by atoms with Crippen molar-refractivity contribution in [3.8, 4) is 5.75 Å². The molecule has 2 N–H and O–H groups in total. The van der Waals surface area contributed by atoms with E-state index in [1.165, 1.54) is 0 Å². The average Bonchev–Trinajstić information content (AvgIpc) is 2.50. The number of rotatable bonds is 5. The second-order valence-electron chi connectivity index (χ2n) is 5.61. The summed E-state index contributed by atoms with van der Waals surface area (Å²) in [6, 6.07) is 3.30. The van der Waals surface area contributed by atoms with E-state index < -0.39 is 17.1 Å². The molecule has 0 saturated heterocycles. The van der Waals surface area contributed by atoms with E-state index in [9.17, 15) is 19.5 Å². The van der Waals surface area contributed by atoms with Gasteiger partial charge in [-0.1, -0.05) is 19.4 Å². The van der Waals surface area contributed by atoms with Gasteiger partial charge in [0.25, 0.3) is 0 Å². The van der Waals surface area contributed by atoms with Crippen LogP contribution in [0.5, 0.6) is 5.75 Å². The lowest BCUT2D eigenvalue weighted by atomic mass is 10.0. The van der Waals surface area contributed by atoms with Gasteiger partial charge in [-0.3, -0.25) is 4.98 Å². The van der Waals surface area contributed by atoms with Gasteiger partial charge >= 0.3 is 17.1 Å². The highest BCUT2D eigenvalue weighted by atomic mass is 16.3. The second kappa shape index (κ2) is 6.68. The fourth-order valence-corrected chi connectivity index (χ4v) is 2.48. The minimum atomic E-state index is -0.741. The summed E-state index contributed by atoms with van der Waals surface area (Å²) < 4.78 is 2.03. The Bertz CT molecular complexity index is 890.